The minimum Gasteiger partial charge on any atom is 0 e. The van der Waals surface area contributed by atoms with Gasteiger partial charge in [-0.25, -0.2) is 0 Å². The van der Waals surface area contributed by atoms with E-state index >= 15 is 0 Å². The van der Waals surface area contributed by atoms with E-state index in [1.54, 1.807) is 0 Å². The van der Waals surface area contributed by atoms with Crippen LogP contribution in [0.4, 0.5) is 0 Å². The summed E-state index contributed by atoms with van der Waals surface area (Å²) in [5, 5.41) is 0. The second-order valence-electron chi connectivity index (χ2n) is 0. The van der Waals surface area contributed by atoms with Gasteiger partial charge in [-0.15, -0.1) is 0 Å². The SMILES string of the molecule is [Ga].[Ga].[Ga].[Ga].[Ga].[Ga].[Tb]. The minimum atomic E-state index is 0. The molecular weight excluding hydrogens is 577 g/mol. The Bertz CT molecular complexity index is 4.14. The fourth-order valence-electron chi connectivity index (χ4n) is 0. The third-order valence-electron chi connectivity index (χ3n) is 0. The Kier molecular flexibility index (Phi) is 356. The first-order valence-electron chi connectivity index (χ1n) is 0. The molecular formula is Ga6Tb. The average Bonchev–Trinajstić information content (AvgIpc) is 0. The molecule has 7 heteroatoms. The molecule has 0 saturated heterocycles. The molecule has 0 fully saturated rings. The molecule has 0 rings (SSSR count). The van der Waals surface area contributed by atoms with Gasteiger partial charge in [-0.3, -0.25) is 0 Å². The van der Waals surface area contributed by atoms with Crippen LogP contribution in [-0.4, -0.2) is 119 Å². The van der Waals surface area contributed by atoms with Gasteiger partial charge in [0.15, 0.2) is 0 Å². The number of hydrogen-bond acceptors (Lipinski definition) is 0. The van der Waals surface area contributed by atoms with Crippen LogP contribution < -0.4 is 0 Å². The van der Waals surface area contributed by atoms with Gasteiger partial charge in [0.25, 0.3) is 0 Å². The maximum absolute atomic E-state index is 0. The predicted octanol–water partition coefficient (Wildman–Crippen LogP) is -2.28. The van der Waals surface area contributed by atoms with Crippen LogP contribution >= 0.6 is 0 Å². The van der Waals surface area contributed by atoms with Gasteiger partial charge >= 0.3 is 0 Å². The average molecular weight is 577 g/mol. The van der Waals surface area contributed by atoms with Gasteiger partial charge in [0.1, 0.15) is 0 Å². The maximum atomic E-state index is 0. The summed E-state index contributed by atoms with van der Waals surface area (Å²) in [7, 11) is 0. The fraction of sp³-hybridized carbons (Fsp3) is 0. The smallest absolute Gasteiger partial charge is 0 e. The summed E-state index contributed by atoms with van der Waals surface area (Å²) in [5.74, 6) is 0. The molecule has 0 amide bonds. The summed E-state index contributed by atoms with van der Waals surface area (Å²) >= 11 is 0. The summed E-state index contributed by atoms with van der Waals surface area (Å²) in [4.78, 5) is 0. The molecule has 0 aromatic rings. The molecule has 0 unspecified atom stereocenters. The van der Waals surface area contributed by atoms with Gasteiger partial charge in [-0.1, -0.05) is 0 Å². The van der Waals surface area contributed by atoms with Crippen LogP contribution in [0.5, 0.6) is 0 Å². The maximum Gasteiger partial charge on any atom is 0 e. The van der Waals surface area contributed by atoms with E-state index in [-0.39, 0.29) is 157 Å². The second-order valence-corrected chi connectivity index (χ2v) is 0. The molecule has 0 atom stereocenters. The van der Waals surface area contributed by atoms with Gasteiger partial charge in [-0.2, -0.15) is 0 Å². The van der Waals surface area contributed by atoms with Crippen LogP contribution in [-0.2, 0) is 0 Å². The van der Waals surface area contributed by atoms with Gasteiger partial charge in [-0.05, 0) is 0 Å². The van der Waals surface area contributed by atoms with Crippen molar-refractivity contribution < 1.29 is 38.6 Å². The van der Waals surface area contributed by atoms with Crippen molar-refractivity contribution in [2.75, 3.05) is 0 Å². The molecule has 0 N–H and O–H groups in total. The molecule has 0 nitrogen and oxygen atoms in total. The molecule has 0 heterocycles. The van der Waals surface area contributed by atoms with Crippen LogP contribution in [0.25, 0.3) is 0 Å². The van der Waals surface area contributed by atoms with E-state index in [9.17, 15) is 0 Å². The van der Waals surface area contributed by atoms with Crippen molar-refractivity contribution in [1.29, 1.82) is 0 Å². The van der Waals surface area contributed by atoms with Crippen molar-refractivity contribution in [1.82, 2.24) is 0 Å². The zero-order valence-electron chi connectivity index (χ0n) is 3.80. The normalized spacial score (nSPS) is 0. The van der Waals surface area contributed by atoms with E-state index in [1.165, 1.54) is 0 Å². The van der Waals surface area contributed by atoms with Gasteiger partial charge in [0.2, 0.25) is 0 Å². The van der Waals surface area contributed by atoms with Gasteiger partial charge < -0.3 is 0 Å². The third kappa shape index (κ3) is 35.3. The van der Waals surface area contributed by atoms with Crippen molar-refractivity contribution in [2.45, 2.75) is 0 Å². The summed E-state index contributed by atoms with van der Waals surface area (Å²) in [6.45, 7) is 0. The minimum absolute atomic E-state index is 0. The van der Waals surface area contributed by atoms with Crippen molar-refractivity contribution in [3.8, 4) is 0 Å². The van der Waals surface area contributed by atoms with E-state index < -0.39 is 0 Å². The Morgan fingerprint density at radius 2 is 0.286 bits per heavy atom. The van der Waals surface area contributed by atoms with Crippen molar-refractivity contribution in [3.05, 3.63) is 0 Å². The standard InChI is InChI=1S/6Ga.Tb. The zero-order chi connectivity index (χ0) is 0. The van der Waals surface area contributed by atoms with Gasteiger partial charge in [0.05, 0.1) is 0 Å². The fourth-order valence-corrected chi connectivity index (χ4v) is 0. The Morgan fingerprint density at radius 3 is 0.286 bits per heavy atom. The van der Waals surface area contributed by atoms with E-state index in [0.29, 0.717) is 0 Å². The molecule has 0 aromatic heterocycles. The second kappa shape index (κ2) is 43.5. The monoisotopic (exact) mass is 572 g/mol. The van der Waals surface area contributed by atoms with Gasteiger partial charge in [0, 0.05) is 157 Å². The number of hydrogen-bond donors (Lipinski definition) is 0. The van der Waals surface area contributed by atoms with Crippen LogP contribution in [0.1, 0.15) is 0 Å². The van der Waals surface area contributed by atoms with E-state index in [2.05, 4.69) is 0 Å². The first kappa shape index (κ1) is 57.3. The Balaban J connectivity index is 0. The molecule has 0 aliphatic heterocycles. The van der Waals surface area contributed by atoms with E-state index in [0.717, 1.165) is 0 Å². The van der Waals surface area contributed by atoms with E-state index in [1.807, 2.05) is 0 Å². The summed E-state index contributed by atoms with van der Waals surface area (Å²) in [6, 6.07) is 0. The Morgan fingerprint density at radius 1 is 0.286 bits per heavy atom. The van der Waals surface area contributed by atoms with Crippen molar-refractivity contribution in [2.24, 2.45) is 0 Å². The first-order chi connectivity index (χ1) is 0. The first-order valence-corrected chi connectivity index (χ1v) is 0. The van der Waals surface area contributed by atoms with Crippen LogP contribution in [0.15, 0.2) is 0 Å². The van der Waals surface area contributed by atoms with E-state index in [4.69, 9.17) is 0 Å². The van der Waals surface area contributed by atoms with Crippen molar-refractivity contribution in [3.63, 3.8) is 0 Å². The van der Waals surface area contributed by atoms with Crippen LogP contribution in [0.2, 0.25) is 0 Å². The molecule has 0 aromatic carbocycles. The Hall–Kier alpha value is 5.10. The summed E-state index contributed by atoms with van der Waals surface area (Å²) in [6.07, 6.45) is 0. The molecule has 7 heavy (non-hydrogen) atoms. The third-order valence-corrected chi connectivity index (χ3v) is 0. The van der Waals surface area contributed by atoms with Crippen molar-refractivity contribution >= 4 is 119 Å². The molecule has 0 spiro atoms. The molecule has 19 radical (unpaired) electrons. The zero-order valence-corrected chi connectivity index (χ0v) is 20.5. The van der Waals surface area contributed by atoms with Crippen LogP contribution in [0, 0.1) is 38.6 Å². The molecule has 0 aliphatic carbocycles. The molecule has 0 bridgehead atoms. The van der Waals surface area contributed by atoms with Crippen LogP contribution in [0.3, 0.4) is 0 Å². The predicted molar refractivity (Wildman–Crippen MR) is 34.5 cm³/mol. The molecule has 0 aliphatic rings. The summed E-state index contributed by atoms with van der Waals surface area (Å²) in [5.41, 5.74) is 0. The quantitative estimate of drug-likeness (QED) is 0.285. The molecule has 27 valence electrons. The largest absolute Gasteiger partial charge is 0 e. The topological polar surface area (TPSA) is 0 Å². The number of rotatable bonds is 0. The Labute approximate surface area is 153 Å². The molecule has 0 saturated carbocycles. The summed E-state index contributed by atoms with van der Waals surface area (Å²) < 4.78 is 0.